The van der Waals surface area contributed by atoms with Gasteiger partial charge >= 0.3 is 0 Å². The van der Waals surface area contributed by atoms with E-state index in [9.17, 15) is 10.1 Å². The van der Waals surface area contributed by atoms with Crippen LogP contribution in [0, 0.1) is 11.3 Å². The summed E-state index contributed by atoms with van der Waals surface area (Å²) >= 11 is 0. The zero-order valence-corrected chi connectivity index (χ0v) is 17.9. The van der Waals surface area contributed by atoms with Crippen LogP contribution in [0.4, 0.5) is 5.69 Å². The van der Waals surface area contributed by atoms with Crippen molar-refractivity contribution in [2.24, 2.45) is 0 Å². The zero-order valence-electron chi connectivity index (χ0n) is 17.9. The third-order valence-corrected chi connectivity index (χ3v) is 5.09. The van der Waals surface area contributed by atoms with Gasteiger partial charge in [-0.2, -0.15) is 5.26 Å². The van der Waals surface area contributed by atoms with Gasteiger partial charge in [-0.25, -0.2) is 0 Å². The predicted molar refractivity (Wildman–Crippen MR) is 119 cm³/mol. The molecule has 0 spiro atoms. The molecular formula is C24H27N3O4. The van der Waals surface area contributed by atoms with Crippen LogP contribution in [0.15, 0.2) is 48.0 Å². The topological polar surface area (TPSA) is 83.8 Å². The minimum atomic E-state index is -0.389. The third kappa shape index (κ3) is 6.00. The quantitative estimate of drug-likeness (QED) is 0.521. The number of rotatable bonds is 8. The van der Waals surface area contributed by atoms with Crippen LogP contribution in [-0.4, -0.2) is 53.0 Å². The Bertz CT molecular complexity index is 958. The minimum absolute atomic E-state index is 0.0754. The number of hydrogen-bond acceptors (Lipinski definition) is 6. The van der Waals surface area contributed by atoms with Gasteiger partial charge in [-0.3, -0.25) is 4.79 Å². The summed E-state index contributed by atoms with van der Waals surface area (Å²) in [5.41, 5.74) is 2.99. The number of ether oxygens (including phenoxy) is 3. The number of hydrogen-bond donors (Lipinski definition) is 1. The number of morpholine rings is 1. The number of benzene rings is 2. The summed E-state index contributed by atoms with van der Waals surface area (Å²) in [6.45, 7) is 3.58. The van der Waals surface area contributed by atoms with Crippen LogP contribution in [0.1, 0.15) is 11.1 Å². The summed E-state index contributed by atoms with van der Waals surface area (Å²) in [4.78, 5) is 14.7. The van der Waals surface area contributed by atoms with E-state index in [0.717, 1.165) is 43.1 Å². The van der Waals surface area contributed by atoms with Crippen LogP contribution in [0.3, 0.4) is 0 Å². The van der Waals surface area contributed by atoms with Gasteiger partial charge in [0.2, 0.25) is 0 Å². The largest absolute Gasteiger partial charge is 0.493 e. The van der Waals surface area contributed by atoms with Crippen LogP contribution < -0.4 is 19.7 Å². The van der Waals surface area contributed by atoms with E-state index < -0.39 is 0 Å². The molecule has 2 aromatic rings. The summed E-state index contributed by atoms with van der Waals surface area (Å²) in [6, 6.07) is 15.5. The van der Waals surface area contributed by atoms with E-state index in [1.807, 2.05) is 48.5 Å². The smallest absolute Gasteiger partial charge is 0.261 e. The van der Waals surface area contributed by atoms with Gasteiger partial charge in [0.05, 0.1) is 27.4 Å². The van der Waals surface area contributed by atoms with E-state index >= 15 is 0 Å². The Kier molecular flexibility index (Phi) is 7.91. The zero-order chi connectivity index (χ0) is 22.1. The first kappa shape index (κ1) is 22.2. The summed E-state index contributed by atoms with van der Waals surface area (Å²) in [5.74, 6) is 0.911. The summed E-state index contributed by atoms with van der Waals surface area (Å²) in [7, 11) is 3.17. The van der Waals surface area contributed by atoms with Gasteiger partial charge in [0.1, 0.15) is 11.6 Å². The molecule has 0 radical (unpaired) electrons. The maximum absolute atomic E-state index is 12.4. The molecule has 1 saturated heterocycles. The van der Waals surface area contributed by atoms with Gasteiger partial charge in [0, 0.05) is 25.3 Å². The van der Waals surface area contributed by atoms with Crippen molar-refractivity contribution in [3.05, 3.63) is 59.2 Å². The fourth-order valence-electron chi connectivity index (χ4n) is 3.37. The molecule has 1 aliphatic rings. The predicted octanol–water partition coefficient (Wildman–Crippen LogP) is 2.81. The van der Waals surface area contributed by atoms with Crippen molar-refractivity contribution in [2.75, 3.05) is 52.0 Å². The molecule has 2 aromatic carbocycles. The molecule has 0 aliphatic carbocycles. The molecule has 0 unspecified atom stereocenters. The van der Waals surface area contributed by atoms with Gasteiger partial charge in [-0.15, -0.1) is 0 Å². The average Bonchev–Trinajstić information content (AvgIpc) is 2.83. The molecule has 31 heavy (non-hydrogen) atoms. The molecule has 0 saturated carbocycles. The lowest BCUT2D eigenvalue weighted by atomic mass is 10.1. The maximum Gasteiger partial charge on any atom is 0.261 e. The van der Waals surface area contributed by atoms with E-state index in [1.165, 1.54) is 0 Å². The van der Waals surface area contributed by atoms with Crippen molar-refractivity contribution in [1.82, 2.24) is 5.32 Å². The highest BCUT2D eigenvalue weighted by Gasteiger charge is 2.12. The first-order chi connectivity index (χ1) is 15.1. The van der Waals surface area contributed by atoms with Crippen molar-refractivity contribution >= 4 is 17.7 Å². The van der Waals surface area contributed by atoms with Crippen LogP contribution in [0.5, 0.6) is 11.5 Å². The molecule has 0 atom stereocenters. The van der Waals surface area contributed by atoms with Crippen molar-refractivity contribution < 1.29 is 19.0 Å². The standard InChI is InChI=1S/C24H27N3O4/c1-29-22-8-5-19(16-23(22)30-2)9-10-26-24(28)20(17-25)15-18-3-6-21(7-4-18)27-11-13-31-14-12-27/h3-8,15-16H,9-14H2,1-2H3,(H,26,28)/b20-15+. The van der Waals surface area contributed by atoms with E-state index in [2.05, 4.69) is 10.2 Å². The Balaban J connectivity index is 1.57. The Labute approximate surface area is 182 Å². The number of nitriles is 1. The number of carbonyl (C=O) groups excluding carboxylic acids is 1. The van der Waals surface area contributed by atoms with Crippen LogP contribution in [0.2, 0.25) is 0 Å². The Morgan fingerprint density at radius 3 is 2.48 bits per heavy atom. The summed E-state index contributed by atoms with van der Waals surface area (Å²) in [5, 5.41) is 12.2. The molecule has 3 rings (SSSR count). The van der Waals surface area contributed by atoms with Gasteiger partial charge in [0.15, 0.2) is 11.5 Å². The molecule has 0 aromatic heterocycles. The highest BCUT2D eigenvalue weighted by Crippen LogP contribution is 2.27. The van der Waals surface area contributed by atoms with E-state index in [0.29, 0.717) is 24.5 Å². The van der Waals surface area contributed by atoms with E-state index in [-0.39, 0.29) is 11.5 Å². The lowest BCUT2D eigenvalue weighted by Crippen LogP contribution is -2.36. The van der Waals surface area contributed by atoms with Gasteiger partial charge in [-0.1, -0.05) is 18.2 Å². The highest BCUT2D eigenvalue weighted by atomic mass is 16.5. The highest BCUT2D eigenvalue weighted by molar-refractivity contribution is 6.01. The second-order valence-electron chi connectivity index (χ2n) is 7.06. The van der Waals surface area contributed by atoms with Crippen molar-refractivity contribution in [2.45, 2.75) is 6.42 Å². The second kappa shape index (κ2) is 11.0. The Morgan fingerprint density at radius 2 is 1.84 bits per heavy atom. The first-order valence-electron chi connectivity index (χ1n) is 10.2. The lowest BCUT2D eigenvalue weighted by molar-refractivity contribution is -0.117. The molecular weight excluding hydrogens is 394 g/mol. The van der Waals surface area contributed by atoms with Gasteiger partial charge in [-0.05, 0) is 47.9 Å². The van der Waals surface area contributed by atoms with Gasteiger partial charge < -0.3 is 24.4 Å². The molecule has 1 aliphatic heterocycles. The van der Waals surface area contributed by atoms with E-state index in [4.69, 9.17) is 14.2 Å². The Hall–Kier alpha value is -3.50. The average molecular weight is 421 g/mol. The summed E-state index contributed by atoms with van der Waals surface area (Å²) < 4.78 is 15.9. The molecule has 7 heteroatoms. The molecule has 7 nitrogen and oxygen atoms in total. The molecule has 0 bridgehead atoms. The van der Waals surface area contributed by atoms with Crippen molar-refractivity contribution in [1.29, 1.82) is 5.26 Å². The number of methoxy groups -OCH3 is 2. The SMILES string of the molecule is COc1ccc(CCNC(=O)/C(C#N)=C/c2ccc(N3CCOCC3)cc2)cc1OC. The van der Waals surface area contributed by atoms with E-state index in [1.54, 1.807) is 20.3 Å². The number of amides is 1. The monoisotopic (exact) mass is 421 g/mol. The molecule has 1 amide bonds. The lowest BCUT2D eigenvalue weighted by Gasteiger charge is -2.28. The van der Waals surface area contributed by atoms with Crippen LogP contribution in [-0.2, 0) is 16.0 Å². The number of anilines is 1. The van der Waals surface area contributed by atoms with Crippen molar-refractivity contribution in [3.8, 4) is 17.6 Å². The number of nitrogens with zero attached hydrogens (tertiary/aromatic N) is 2. The van der Waals surface area contributed by atoms with Crippen LogP contribution in [0.25, 0.3) is 6.08 Å². The molecule has 162 valence electrons. The Morgan fingerprint density at radius 1 is 1.13 bits per heavy atom. The number of nitrogens with one attached hydrogen (secondary N) is 1. The third-order valence-electron chi connectivity index (χ3n) is 5.09. The molecule has 1 N–H and O–H groups in total. The van der Waals surface area contributed by atoms with Crippen LogP contribution >= 0.6 is 0 Å². The fraction of sp³-hybridized carbons (Fsp3) is 0.333. The van der Waals surface area contributed by atoms with Gasteiger partial charge in [0.25, 0.3) is 5.91 Å². The fourth-order valence-corrected chi connectivity index (χ4v) is 3.37. The number of carbonyl (C=O) groups is 1. The molecule has 1 heterocycles. The summed E-state index contributed by atoms with van der Waals surface area (Å²) in [6.07, 6.45) is 2.22. The minimum Gasteiger partial charge on any atom is -0.493 e. The first-order valence-corrected chi connectivity index (χ1v) is 10.2. The van der Waals surface area contributed by atoms with Crippen molar-refractivity contribution in [3.63, 3.8) is 0 Å². The normalized spacial score (nSPS) is 14.0. The second-order valence-corrected chi connectivity index (χ2v) is 7.06. The molecule has 1 fully saturated rings. The maximum atomic E-state index is 12.4.